The third-order valence-electron chi connectivity index (χ3n) is 6.10. The van der Waals surface area contributed by atoms with Crippen molar-refractivity contribution in [2.24, 2.45) is 0 Å². The van der Waals surface area contributed by atoms with Crippen molar-refractivity contribution in [3.8, 4) is 0 Å². The van der Waals surface area contributed by atoms with E-state index in [1.807, 2.05) is 0 Å². The van der Waals surface area contributed by atoms with E-state index in [2.05, 4.69) is 31.5 Å². The van der Waals surface area contributed by atoms with Gasteiger partial charge >= 0.3 is 6.18 Å². The lowest BCUT2D eigenvalue weighted by atomic mass is 9.89. The number of aromatic nitrogens is 1. The highest BCUT2D eigenvalue weighted by atomic mass is 79.9. The Bertz CT molecular complexity index is 1240. The fourth-order valence-electron chi connectivity index (χ4n) is 4.45. The number of benzene rings is 2. The summed E-state index contributed by atoms with van der Waals surface area (Å²) in [6.07, 6.45) is -1.70. The van der Waals surface area contributed by atoms with Crippen molar-refractivity contribution >= 4 is 51.1 Å². The number of aryl methyl sites for hydroxylation is 1. The molecule has 2 atom stereocenters. The smallest absolute Gasteiger partial charge is 0.370 e. The monoisotopic (exact) mass is 569 g/mol. The van der Waals surface area contributed by atoms with Crippen LogP contribution in [0.2, 0.25) is 0 Å². The lowest BCUT2D eigenvalue weighted by Gasteiger charge is -2.39. The quantitative estimate of drug-likeness (QED) is 0.172. The number of anilines is 1. The first-order valence-electron chi connectivity index (χ1n) is 11.2. The van der Waals surface area contributed by atoms with Crippen molar-refractivity contribution in [3.63, 3.8) is 0 Å². The maximum atomic E-state index is 14.0. The molecule has 1 aliphatic carbocycles. The van der Waals surface area contributed by atoms with Crippen molar-refractivity contribution < 1.29 is 22.4 Å². The Morgan fingerprint density at radius 3 is 2.74 bits per heavy atom. The van der Waals surface area contributed by atoms with Crippen LogP contribution < -0.4 is 10.6 Å². The molecule has 0 unspecified atom stereocenters. The number of rotatable bonds is 6. The van der Waals surface area contributed by atoms with Crippen LogP contribution in [0.15, 0.2) is 53.0 Å². The molecule has 0 bridgehead atoms. The Kier molecular flexibility index (Phi) is 7.61. The minimum atomic E-state index is -4.58. The largest absolute Gasteiger partial charge is 0.433 e. The number of pyridine rings is 1. The van der Waals surface area contributed by atoms with Gasteiger partial charge in [0.2, 0.25) is 5.91 Å². The number of fused-ring (bicyclic) bond motifs is 1. The number of halogens is 5. The van der Waals surface area contributed by atoms with Gasteiger partial charge in [0.15, 0.2) is 0 Å². The van der Waals surface area contributed by atoms with Crippen LogP contribution >= 0.6 is 28.6 Å². The maximum absolute atomic E-state index is 14.0. The Labute approximate surface area is 214 Å². The van der Waals surface area contributed by atoms with Gasteiger partial charge in [-0.05, 0) is 68.0 Å². The van der Waals surface area contributed by atoms with E-state index in [1.165, 1.54) is 6.07 Å². The Balaban J connectivity index is 1.45. The van der Waals surface area contributed by atoms with Crippen molar-refractivity contribution in [3.05, 3.63) is 70.1 Å². The Morgan fingerprint density at radius 1 is 1.20 bits per heavy atom. The van der Waals surface area contributed by atoms with Gasteiger partial charge in [0, 0.05) is 28.0 Å². The second-order valence-corrected chi connectivity index (χ2v) is 10.6. The van der Waals surface area contributed by atoms with Gasteiger partial charge < -0.3 is 10.6 Å². The first kappa shape index (κ1) is 25.8. The van der Waals surface area contributed by atoms with E-state index in [4.69, 9.17) is 12.6 Å². The molecule has 2 aromatic carbocycles. The third kappa shape index (κ3) is 6.46. The van der Waals surface area contributed by atoms with Crippen molar-refractivity contribution in [1.82, 2.24) is 10.3 Å². The van der Waals surface area contributed by atoms with Gasteiger partial charge in [0.05, 0.1) is 10.4 Å². The van der Waals surface area contributed by atoms with Crippen LogP contribution in [0.4, 0.5) is 23.2 Å². The zero-order valence-corrected chi connectivity index (χ0v) is 21.1. The number of hydrogen-bond acceptors (Lipinski definition) is 4. The van der Waals surface area contributed by atoms with Crippen LogP contribution in [0, 0.1) is 5.82 Å². The van der Waals surface area contributed by atoms with Gasteiger partial charge in [-0.25, -0.2) is 9.37 Å². The summed E-state index contributed by atoms with van der Waals surface area (Å²) < 4.78 is 55.0. The van der Waals surface area contributed by atoms with Crippen LogP contribution in [0.3, 0.4) is 0 Å². The van der Waals surface area contributed by atoms with E-state index in [1.54, 1.807) is 36.4 Å². The fraction of sp³-hybridized carbons (Fsp3) is 0.360. The molecule has 10 heteroatoms. The molecule has 2 N–H and O–H groups in total. The van der Waals surface area contributed by atoms with Crippen LogP contribution in [-0.4, -0.2) is 21.8 Å². The number of thiol groups is 1. The number of carbonyl (C=O) groups is 1. The first-order chi connectivity index (χ1) is 16.5. The van der Waals surface area contributed by atoms with Crippen molar-refractivity contribution in [2.75, 3.05) is 5.32 Å². The molecule has 1 amide bonds. The van der Waals surface area contributed by atoms with Gasteiger partial charge in [-0.2, -0.15) is 25.8 Å². The van der Waals surface area contributed by atoms with Crippen LogP contribution in [0.1, 0.15) is 43.4 Å². The van der Waals surface area contributed by atoms with Crippen LogP contribution in [0.5, 0.6) is 0 Å². The molecule has 0 saturated heterocycles. The number of carbonyl (C=O) groups excluding carboxylic acids is 1. The molecule has 1 aliphatic rings. The number of amides is 1. The summed E-state index contributed by atoms with van der Waals surface area (Å²) >= 11 is 8.09. The predicted octanol–water partition coefficient (Wildman–Crippen LogP) is 6.88. The standard InChI is InChI=1S/C25H24BrF4N3OS/c26-16-8-9-19(27)15(12-16)7-10-23(34)31-17-4-3-11-24(35,14-17)33-21-13-22(25(28,29)30)32-20-6-2-1-5-18(20)21/h1-2,5-6,8-9,12-13,17,35H,3-4,7,10-11,14H2,(H,31,34)(H,32,33)/t17-,24+/m1/s1. The van der Waals surface area contributed by atoms with Gasteiger partial charge in [-0.1, -0.05) is 34.1 Å². The number of nitrogens with one attached hydrogen (secondary N) is 2. The molecule has 186 valence electrons. The van der Waals surface area contributed by atoms with Gasteiger partial charge in [0.25, 0.3) is 0 Å². The lowest BCUT2D eigenvalue weighted by Crippen LogP contribution is -2.46. The van der Waals surface area contributed by atoms with E-state index in [-0.39, 0.29) is 36.1 Å². The SMILES string of the molecule is O=C(CCc1cc(Br)ccc1F)N[C@@H]1CCC[C@@](S)(Nc2cc(C(F)(F)F)nc3ccccc23)C1. The zero-order valence-electron chi connectivity index (χ0n) is 18.6. The second kappa shape index (κ2) is 10.3. The summed E-state index contributed by atoms with van der Waals surface area (Å²) in [5.74, 6) is -0.569. The topological polar surface area (TPSA) is 54.0 Å². The van der Waals surface area contributed by atoms with E-state index in [0.29, 0.717) is 29.5 Å². The maximum Gasteiger partial charge on any atom is 0.433 e. The molecule has 4 nitrogen and oxygen atoms in total. The highest BCUT2D eigenvalue weighted by Gasteiger charge is 2.37. The molecule has 1 fully saturated rings. The van der Waals surface area contributed by atoms with Gasteiger partial charge in [-0.15, -0.1) is 0 Å². The number of nitrogens with zero attached hydrogens (tertiary/aromatic N) is 1. The minimum absolute atomic E-state index is 0.126. The van der Waals surface area contributed by atoms with E-state index in [0.717, 1.165) is 23.4 Å². The molecule has 0 radical (unpaired) electrons. The van der Waals surface area contributed by atoms with E-state index in [9.17, 15) is 22.4 Å². The van der Waals surface area contributed by atoms with Crippen molar-refractivity contribution in [1.29, 1.82) is 0 Å². The van der Waals surface area contributed by atoms with E-state index < -0.39 is 16.7 Å². The highest BCUT2D eigenvalue weighted by Crippen LogP contribution is 2.39. The molecule has 0 aliphatic heterocycles. The van der Waals surface area contributed by atoms with E-state index >= 15 is 0 Å². The predicted molar refractivity (Wildman–Crippen MR) is 135 cm³/mol. The van der Waals surface area contributed by atoms with Crippen LogP contribution in [-0.2, 0) is 17.4 Å². The Morgan fingerprint density at radius 2 is 1.97 bits per heavy atom. The summed E-state index contributed by atoms with van der Waals surface area (Å²) in [5.41, 5.74) is 0.0155. The zero-order chi connectivity index (χ0) is 25.2. The molecule has 1 heterocycles. The summed E-state index contributed by atoms with van der Waals surface area (Å²) in [7, 11) is 0. The third-order valence-corrected chi connectivity index (χ3v) is 7.11. The molecular weight excluding hydrogens is 546 g/mol. The number of hydrogen-bond donors (Lipinski definition) is 3. The average Bonchev–Trinajstić information content (AvgIpc) is 2.79. The molecule has 3 aromatic rings. The van der Waals surface area contributed by atoms with Crippen LogP contribution in [0.25, 0.3) is 10.9 Å². The number of alkyl halides is 3. The molecule has 1 aromatic heterocycles. The molecule has 35 heavy (non-hydrogen) atoms. The second-order valence-electron chi connectivity index (χ2n) is 8.82. The molecular formula is C25H24BrF4N3OS. The summed E-state index contributed by atoms with van der Waals surface area (Å²) in [6, 6.07) is 12.0. The summed E-state index contributed by atoms with van der Waals surface area (Å²) in [6.45, 7) is 0. The Hall–Kier alpha value is -2.33. The average molecular weight is 570 g/mol. The fourth-order valence-corrected chi connectivity index (χ4v) is 5.35. The minimum Gasteiger partial charge on any atom is -0.370 e. The molecule has 4 rings (SSSR count). The molecule has 0 spiro atoms. The summed E-state index contributed by atoms with van der Waals surface area (Å²) in [5, 5.41) is 6.75. The van der Waals surface area contributed by atoms with Gasteiger partial charge in [-0.3, -0.25) is 4.79 Å². The first-order valence-corrected chi connectivity index (χ1v) is 12.5. The molecule has 1 saturated carbocycles. The lowest BCUT2D eigenvalue weighted by molar-refractivity contribution is -0.140. The highest BCUT2D eigenvalue weighted by molar-refractivity contribution is 9.10. The van der Waals surface area contributed by atoms with Crippen molar-refractivity contribution in [2.45, 2.75) is 55.6 Å². The normalized spacial score (nSPS) is 20.6. The number of para-hydroxylation sites is 1. The van der Waals surface area contributed by atoms with Gasteiger partial charge in [0.1, 0.15) is 11.5 Å². The summed E-state index contributed by atoms with van der Waals surface area (Å²) in [4.78, 5) is 15.5.